The zero-order valence-electron chi connectivity index (χ0n) is 8.68. The van der Waals surface area contributed by atoms with E-state index < -0.39 is 10.0 Å². The van der Waals surface area contributed by atoms with Crippen molar-refractivity contribution in [2.45, 2.75) is 11.8 Å². The fourth-order valence-electron chi connectivity index (χ4n) is 1.66. The Morgan fingerprint density at radius 2 is 2.25 bits per heavy atom. The van der Waals surface area contributed by atoms with Gasteiger partial charge in [-0.3, -0.25) is 0 Å². The van der Waals surface area contributed by atoms with E-state index in [9.17, 15) is 8.42 Å². The van der Waals surface area contributed by atoms with Crippen molar-refractivity contribution in [2.75, 3.05) is 19.7 Å². The van der Waals surface area contributed by atoms with Gasteiger partial charge in [-0.15, -0.1) is 11.3 Å². The van der Waals surface area contributed by atoms with Crippen molar-refractivity contribution in [3.63, 3.8) is 0 Å². The molecule has 2 heterocycles. The van der Waals surface area contributed by atoms with Crippen LogP contribution in [0.15, 0.2) is 14.7 Å². The minimum atomic E-state index is -3.35. The Morgan fingerprint density at radius 1 is 1.62 bits per heavy atom. The van der Waals surface area contributed by atoms with E-state index in [1.165, 1.54) is 15.6 Å². The second-order valence-electron chi connectivity index (χ2n) is 3.84. The Labute approximate surface area is 107 Å². The second kappa shape index (κ2) is 4.38. The maximum absolute atomic E-state index is 12.1. The number of rotatable bonds is 3. The van der Waals surface area contributed by atoms with Crippen molar-refractivity contribution in [1.82, 2.24) is 4.31 Å². The molecule has 0 unspecified atom stereocenters. The van der Waals surface area contributed by atoms with E-state index in [4.69, 9.17) is 5.11 Å². The summed E-state index contributed by atoms with van der Waals surface area (Å²) in [5.74, 6) is 0.0946. The van der Waals surface area contributed by atoms with Crippen LogP contribution >= 0.6 is 27.3 Å². The predicted octanol–water partition coefficient (Wildman–Crippen LogP) is 1.43. The van der Waals surface area contributed by atoms with Crippen LogP contribution in [0.25, 0.3) is 0 Å². The Morgan fingerprint density at radius 3 is 2.69 bits per heavy atom. The highest BCUT2D eigenvalue weighted by Gasteiger charge is 2.37. The van der Waals surface area contributed by atoms with Gasteiger partial charge in [0.15, 0.2) is 0 Å². The van der Waals surface area contributed by atoms with Crippen molar-refractivity contribution in [3.05, 3.63) is 14.7 Å². The minimum absolute atomic E-state index is 0.0539. The average molecular weight is 326 g/mol. The standard InChI is InChI=1S/C9H12BrNO3S2/c1-6-8(2-9(10)15-6)16(13,14)11-3-7(4-11)5-12/h2,7,12H,3-5H2,1H3. The van der Waals surface area contributed by atoms with Crippen LogP contribution in [0.3, 0.4) is 0 Å². The number of aliphatic hydroxyl groups excluding tert-OH is 1. The molecule has 0 spiro atoms. The fraction of sp³-hybridized carbons (Fsp3) is 0.556. The maximum Gasteiger partial charge on any atom is 0.244 e. The second-order valence-corrected chi connectivity index (χ2v) is 8.38. The molecule has 1 aliphatic rings. The van der Waals surface area contributed by atoms with E-state index in [0.29, 0.717) is 18.0 Å². The summed E-state index contributed by atoms with van der Waals surface area (Å²) in [6.07, 6.45) is 0. The molecule has 0 saturated carbocycles. The number of hydrogen-bond donors (Lipinski definition) is 1. The van der Waals surface area contributed by atoms with Crippen LogP contribution in [0.4, 0.5) is 0 Å². The smallest absolute Gasteiger partial charge is 0.244 e. The molecule has 0 bridgehead atoms. The zero-order chi connectivity index (χ0) is 11.9. The summed E-state index contributed by atoms with van der Waals surface area (Å²) in [6.45, 7) is 2.70. The average Bonchev–Trinajstić information content (AvgIpc) is 2.43. The number of halogens is 1. The van der Waals surface area contributed by atoms with Gasteiger partial charge < -0.3 is 5.11 Å². The zero-order valence-corrected chi connectivity index (χ0v) is 11.9. The summed E-state index contributed by atoms with van der Waals surface area (Å²) in [6, 6.07) is 1.64. The van der Waals surface area contributed by atoms with Crippen molar-refractivity contribution < 1.29 is 13.5 Å². The monoisotopic (exact) mass is 325 g/mol. The molecule has 1 aromatic heterocycles. The van der Waals surface area contributed by atoms with Crippen LogP contribution in [-0.2, 0) is 10.0 Å². The van der Waals surface area contributed by atoms with E-state index in [-0.39, 0.29) is 12.5 Å². The number of aryl methyl sites for hydroxylation is 1. The van der Waals surface area contributed by atoms with Crippen LogP contribution < -0.4 is 0 Å². The molecule has 2 rings (SSSR count). The first-order valence-electron chi connectivity index (χ1n) is 4.82. The third-order valence-electron chi connectivity index (χ3n) is 2.64. The van der Waals surface area contributed by atoms with Gasteiger partial charge in [-0.25, -0.2) is 8.42 Å². The lowest BCUT2D eigenvalue weighted by Crippen LogP contribution is -2.51. The summed E-state index contributed by atoms with van der Waals surface area (Å²) in [5, 5.41) is 8.87. The van der Waals surface area contributed by atoms with Gasteiger partial charge in [-0.1, -0.05) is 0 Å². The van der Waals surface area contributed by atoms with Gasteiger partial charge in [0.05, 0.1) is 8.68 Å². The number of nitrogens with zero attached hydrogens (tertiary/aromatic N) is 1. The summed E-state index contributed by atoms with van der Waals surface area (Å²) in [4.78, 5) is 1.17. The number of thiophene rings is 1. The van der Waals surface area contributed by atoms with Gasteiger partial charge in [0.1, 0.15) is 0 Å². The van der Waals surface area contributed by atoms with Gasteiger partial charge in [-0.05, 0) is 28.9 Å². The Bertz CT molecular complexity index is 491. The molecule has 0 radical (unpaired) electrons. The Kier molecular flexibility index (Phi) is 3.42. The third kappa shape index (κ3) is 2.06. The molecule has 0 atom stereocenters. The molecule has 16 heavy (non-hydrogen) atoms. The van der Waals surface area contributed by atoms with Gasteiger partial charge in [-0.2, -0.15) is 4.31 Å². The lowest BCUT2D eigenvalue weighted by molar-refractivity contribution is 0.117. The van der Waals surface area contributed by atoms with Crippen LogP contribution in [0.1, 0.15) is 4.88 Å². The van der Waals surface area contributed by atoms with Crippen LogP contribution in [0.2, 0.25) is 0 Å². The molecule has 0 aromatic carbocycles. The number of hydrogen-bond acceptors (Lipinski definition) is 4. The largest absolute Gasteiger partial charge is 0.396 e. The normalized spacial score (nSPS) is 18.7. The fourth-order valence-corrected chi connectivity index (χ4v) is 5.64. The summed E-state index contributed by atoms with van der Waals surface area (Å²) < 4.78 is 26.5. The summed E-state index contributed by atoms with van der Waals surface area (Å²) >= 11 is 4.70. The molecule has 0 amide bonds. The Balaban J connectivity index is 2.24. The van der Waals surface area contributed by atoms with Gasteiger partial charge in [0.2, 0.25) is 10.0 Å². The molecule has 1 saturated heterocycles. The molecule has 4 nitrogen and oxygen atoms in total. The SMILES string of the molecule is Cc1sc(Br)cc1S(=O)(=O)N1CC(CO)C1. The summed E-state index contributed by atoms with van der Waals surface area (Å²) in [7, 11) is -3.35. The Hall–Kier alpha value is 0.0500. The van der Waals surface area contributed by atoms with Crippen molar-refractivity contribution in [2.24, 2.45) is 5.92 Å². The van der Waals surface area contributed by atoms with E-state index in [1.54, 1.807) is 13.0 Å². The van der Waals surface area contributed by atoms with E-state index in [1.807, 2.05) is 0 Å². The van der Waals surface area contributed by atoms with Crippen molar-refractivity contribution in [3.8, 4) is 0 Å². The molecular formula is C9H12BrNO3S2. The molecule has 1 aliphatic heterocycles. The molecule has 1 aromatic rings. The van der Waals surface area contributed by atoms with Crippen LogP contribution in [0, 0.1) is 12.8 Å². The number of aliphatic hydroxyl groups is 1. The highest BCUT2D eigenvalue weighted by atomic mass is 79.9. The molecular weight excluding hydrogens is 314 g/mol. The lowest BCUT2D eigenvalue weighted by atomic mass is 10.1. The quantitative estimate of drug-likeness (QED) is 0.914. The van der Waals surface area contributed by atoms with Crippen LogP contribution in [-0.4, -0.2) is 37.5 Å². The first-order chi connectivity index (χ1) is 7.45. The molecule has 90 valence electrons. The number of sulfonamides is 1. The predicted molar refractivity (Wildman–Crippen MR) is 66.1 cm³/mol. The molecule has 7 heteroatoms. The lowest BCUT2D eigenvalue weighted by Gasteiger charge is -2.36. The minimum Gasteiger partial charge on any atom is -0.396 e. The highest BCUT2D eigenvalue weighted by molar-refractivity contribution is 9.11. The molecule has 1 fully saturated rings. The molecule has 0 aliphatic carbocycles. The third-order valence-corrected chi connectivity index (χ3v) is 6.28. The van der Waals surface area contributed by atoms with Gasteiger partial charge in [0, 0.05) is 30.5 Å². The van der Waals surface area contributed by atoms with E-state index >= 15 is 0 Å². The first kappa shape index (κ1) is 12.5. The molecule has 1 N–H and O–H groups in total. The highest BCUT2D eigenvalue weighted by Crippen LogP contribution is 2.33. The summed E-state index contributed by atoms with van der Waals surface area (Å²) in [5.41, 5.74) is 0. The van der Waals surface area contributed by atoms with Gasteiger partial charge in [0.25, 0.3) is 0 Å². The van der Waals surface area contributed by atoms with Crippen molar-refractivity contribution >= 4 is 37.3 Å². The van der Waals surface area contributed by atoms with E-state index in [2.05, 4.69) is 15.9 Å². The van der Waals surface area contributed by atoms with Gasteiger partial charge >= 0.3 is 0 Å². The maximum atomic E-state index is 12.1. The van der Waals surface area contributed by atoms with Crippen LogP contribution in [0.5, 0.6) is 0 Å². The van der Waals surface area contributed by atoms with Crippen molar-refractivity contribution in [1.29, 1.82) is 0 Å². The topological polar surface area (TPSA) is 57.6 Å². The van der Waals surface area contributed by atoms with E-state index in [0.717, 1.165) is 8.66 Å². The first-order valence-corrected chi connectivity index (χ1v) is 7.87.